The largest absolute Gasteiger partial charge is 0.229 e. The lowest BCUT2D eigenvalue weighted by Gasteiger charge is -2.30. The van der Waals surface area contributed by atoms with Gasteiger partial charge in [0.05, 0.1) is 5.88 Å². The maximum atomic E-state index is 3.43. The quantitative estimate of drug-likeness (QED) is 0.847. The molecular weight excluding hydrogens is 242 g/mol. The van der Waals surface area contributed by atoms with Gasteiger partial charge in [0.25, 0.3) is 0 Å². The molecule has 1 heterocycles. The fraction of sp³-hybridized carbons (Fsp3) is 0.571. The number of benzene rings is 1. The minimum Gasteiger partial charge on any atom is -0.229 e. The molecule has 0 bridgehead atoms. The number of nitrogens with one attached hydrogen (secondary N) is 1. The summed E-state index contributed by atoms with van der Waals surface area (Å²) in [5.74, 6) is 0.973. The summed E-state index contributed by atoms with van der Waals surface area (Å²) in [5, 5.41) is 4.51. The van der Waals surface area contributed by atoms with Gasteiger partial charge in [0.2, 0.25) is 0 Å². The van der Waals surface area contributed by atoms with Gasteiger partial charge in [0, 0.05) is 24.5 Å². The van der Waals surface area contributed by atoms with Gasteiger partial charge in [-0.25, -0.2) is 10.0 Å². The van der Waals surface area contributed by atoms with Gasteiger partial charge >= 0.3 is 0 Å². The summed E-state index contributed by atoms with van der Waals surface area (Å²) in [4.78, 5) is 1.32. The Hall–Kier alpha value is -0.550. The number of hydrogen-bond donors (Lipinski definition) is 1. The minimum atomic E-state index is 0.300. The molecule has 1 aromatic carbocycles. The molecule has 3 nitrogen and oxygen atoms in total. The van der Waals surface area contributed by atoms with Crippen molar-refractivity contribution in [3.63, 3.8) is 0 Å². The summed E-state index contributed by atoms with van der Waals surface area (Å²) in [5.41, 5.74) is 3.73. The summed E-state index contributed by atoms with van der Waals surface area (Å²) >= 11 is 1.87. The molecule has 0 amide bonds. The van der Waals surface area contributed by atoms with E-state index < -0.39 is 0 Å². The Morgan fingerprint density at radius 3 is 2.50 bits per heavy atom. The third-order valence-electron chi connectivity index (χ3n) is 3.29. The van der Waals surface area contributed by atoms with E-state index in [4.69, 9.17) is 0 Å². The average Bonchev–Trinajstić information content (AvgIpc) is 2.69. The lowest BCUT2D eigenvalue weighted by Crippen LogP contribution is -2.42. The zero-order valence-electron chi connectivity index (χ0n) is 11.7. The van der Waals surface area contributed by atoms with Crippen molar-refractivity contribution in [2.45, 2.75) is 31.7 Å². The van der Waals surface area contributed by atoms with Crippen LogP contribution in [0.4, 0.5) is 0 Å². The zero-order valence-corrected chi connectivity index (χ0v) is 12.5. The lowest BCUT2D eigenvalue weighted by molar-refractivity contribution is 0.109. The van der Waals surface area contributed by atoms with Gasteiger partial charge in [-0.05, 0) is 17.5 Å². The molecule has 0 radical (unpaired) electrons. The van der Waals surface area contributed by atoms with Crippen LogP contribution in [-0.4, -0.2) is 35.5 Å². The van der Waals surface area contributed by atoms with E-state index in [1.807, 2.05) is 11.8 Å². The monoisotopic (exact) mass is 265 g/mol. The number of nitrogens with zero attached hydrogens (tertiary/aromatic N) is 2. The predicted octanol–water partition coefficient (Wildman–Crippen LogP) is 2.82. The first kappa shape index (κ1) is 13.9. The number of thioether (sulfide) groups is 1. The van der Waals surface area contributed by atoms with Crippen LogP contribution in [0.15, 0.2) is 35.2 Å². The first-order valence-electron chi connectivity index (χ1n) is 6.39. The van der Waals surface area contributed by atoms with Gasteiger partial charge in [0.15, 0.2) is 0 Å². The Bertz CT molecular complexity index is 374. The maximum Gasteiger partial charge on any atom is 0.0648 e. The molecule has 1 N–H and O–H groups in total. The summed E-state index contributed by atoms with van der Waals surface area (Å²) < 4.78 is 0. The van der Waals surface area contributed by atoms with Gasteiger partial charge in [-0.2, -0.15) is 5.53 Å². The van der Waals surface area contributed by atoms with Crippen molar-refractivity contribution in [1.29, 1.82) is 0 Å². The van der Waals surface area contributed by atoms with Crippen LogP contribution in [0.1, 0.15) is 20.8 Å². The second-order valence-electron chi connectivity index (χ2n) is 5.90. The Morgan fingerprint density at radius 1 is 1.28 bits per heavy atom. The SMILES string of the molecule is CN1NN(CSc2ccccc2)CC1C(C)(C)C. The molecule has 1 unspecified atom stereocenters. The number of hydrogen-bond acceptors (Lipinski definition) is 4. The van der Waals surface area contributed by atoms with E-state index in [-0.39, 0.29) is 0 Å². The predicted molar refractivity (Wildman–Crippen MR) is 78.0 cm³/mol. The second-order valence-corrected chi connectivity index (χ2v) is 6.92. The fourth-order valence-corrected chi connectivity index (χ4v) is 3.09. The van der Waals surface area contributed by atoms with Crippen molar-refractivity contribution in [2.24, 2.45) is 5.41 Å². The lowest BCUT2D eigenvalue weighted by atomic mass is 9.87. The summed E-state index contributed by atoms with van der Waals surface area (Å²) in [6.45, 7) is 7.96. The Morgan fingerprint density at radius 2 is 1.94 bits per heavy atom. The summed E-state index contributed by atoms with van der Waals surface area (Å²) in [6, 6.07) is 11.1. The van der Waals surface area contributed by atoms with Crippen LogP contribution in [0.25, 0.3) is 0 Å². The maximum absolute atomic E-state index is 3.43. The normalized spacial score (nSPS) is 22.6. The molecule has 0 saturated carbocycles. The molecule has 0 spiro atoms. The molecule has 1 fully saturated rings. The Labute approximate surface area is 114 Å². The Kier molecular flexibility index (Phi) is 4.33. The van der Waals surface area contributed by atoms with E-state index in [1.165, 1.54) is 4.90 Å². The van der Waals surface area contributed by atoms with Crippen LogP contribution in [0.5, 0.6) is 0 Å². The van der Waals surface area contributed by atoms with E-state index in [0.29, 0.717) is 11.5 Å². The first-order valence-corrected chi connectivity index (χ1v) is 7.37. The molecule has 1 aliphatic heterocycles. The second kappa shape index (κ2) is 5.61. The van der Waals surface area contributed by atoms with Crippen LogP contribution in [0, 0.1) is 5.41 Å². The molecule has 1 aliphatic rings. The van der Waals surface area contributed by atoms with Gasteiger partial charge in [-0.3, -0.25) is 0 Å². The highest BCUT2D eigenvalue weighted by Gasteiger charge is 2.35. The van der Waals surface area contributed by atoms with Crippen molar-refractivity contribution in [2.75, 3.05) is 19.5 Å². The molecule has 18 heavy (non-hydrogen) atoms. The minimum absolute atomic E-state index is 0.300. The molecular formula is C14H23N3S. The van der Waals surface area contributed by atoms with Crippen LogP contribution in [0.2, 0.25) is 0 Å². The summed E-state index contributed by atoms with van der Waals surface area (Å²) in [7, 11) is 2.13. The van der Waals surface area contributed by atoms with E-state index in [2.05, 4.69) is 73.7 Å². The van der Waals surface area contributed by atoms with E-state index in [0.717, 1.165) is 12.4 Å². The van der Waals surface area contributed by atoms with Crippen LogP contribution < -0.4 is 5.53 Å². The molecule has 1 aromatic rings. The van der Waals surface area contributed by atoms with Crippen molar-refractivity contribution in [1.82, 2.24) is 15.6 Å². The molecule has 2 rings (SSSR count). The summed E-state index contributed by atoms with van der Waals surface area (Å²) in [6.07, 6.45) is 0. The van der Waals surface area contributed by atoms with Gasteiger partial charge in [-0.1, -0.05) is 39.0 Å². The Balaban J connectivity index is 1.86. The highest BCUT2D eigenvalue weighted by molar-refractivity contribution is 7.99. The topological polar surface area (TPSA) is 18.5 Å². The van der Waals surface area contributed by atoms with E-state index in [1.54, 1.807) is 0 Å². The standard InChI is InChI=1S/C14H23N3S/c1-14(2,3)13-10-17(15-16(13)4)11-18-12-8-6-5-7-9-12/h5-9,13,15H,10-11H2,1-4H3. The van der Waals surface area contributed by atoms with Crippen molar-refractivity contribution in [3.8, 4) is 0 Å². The molecule has 0 aromatic heterocycles. The van der Waals surface area contributed by atoms with Crippen LogP contribution in [0.3, 0.4) is 0 Å². The van der Waals surface area contributed by atoms with E-state index in [9.17, 15) is 0 Å². The molecule has 0 aliphatic carbocycles. The van der Waals surface area contributed by atoms with Gasteiger partial charge < -0.3 is 0 Å². The number of rotatable bonds is 3. The molecule has 1 saturated heterocycles. The molecule has 100 valence electrons. The van der Waals surface area contributed by atoms with Crippen molar-refractivity contribution in [3.05, 3.63) is 30.3 Å². The number of likely N-dealkylation sites (N-methyl/N-ethyl adjacent to an activating group) is 1. The van der Waals surface area contributed by atoms with Crippen molar-refractivity contribution < 1.29 is 0 Å². The van der Waals surface area contributed by atoms with Gasteiger partial charge in [-0.15, -0.1) is 11.8 Å². The van der Waals surface area contributed by atoms with E-state index >= 15 is 0 Å². The highest BCUT2D eigenvalue weighted by Crippen LogP contribution is 2.28. The zero-order chi connectivity index (χ0) is 13.2. The van der Waals surface area contributed by atoms with Crippen molar-refractivity contribution >= 4 is 11.8 Å². The highest BCUT2D eigenvalue weighted by atomic mass is 32.2. The smallest absolute Gasteiger partial charge is 0.0648 e. The number of hydrazine groups is 2. The molecule has 1 atom stereocenters. The third-order valence-corrected chi connectivity index (χ3v) is 4.34. The molecule has 4 heteroatoms. The average molecular weight is 265 g/mol. The van der Waals surface area contributed by atoms with Gasteiger partial charge in [0.1, 0.15) is 0 Å². The van der Waals surface area contributed by atoms with Crippen LogP contribution >= 0.6 is 11.8 Å². The first-order chi connectivity index (χ1) is 8.47. The fourth-order valence-electron chi connectivity index (χ4n) is 2.27. The van der Waals surface area contributed by atoms with Crippen LogP contribution in [-0.2, 0) is 0 Å². The third kappa shape index (κ3) is 3.48.